The van der Waals surface area contributed by atoms with E-state index in [1.807, 2.05) is 6.07 Å². The molecule has 98 valence electrons. The summed E-state index contributed by atoms with van der Waals surface area (Å²) in [6.45, 7) is 13.6. The third-order valence-electron chi connectivity index (χ3n) is 3.78. The van der Waals surface area contributed by atoms with E-state index in [1.165, 1.54) is 11.1 Å². The summed E-state index contributed by atoms with van der Waals surface area (Å²) >= 11 is 0. The van der Waals surface area contributed by atoms with Gasteiger partial charge in [-0.3, -0.25) is 4.66 Å². The van der Waals surface area contributed by atoms with Crippen LogP contribution in [0, 0.1) is 0 Å². The molecule has 0 unspecified atom stereocenters. The predicted molar refractivity (Wildman–Crippen MR) is 84.8 cm³/mol. The molecule has 0 aromatic heterocycles. The van der Waals surface area contributed by atoms with Gasteiger partial charge >= 0.3 is 0 Å². The second-order valence-corrected chi connectivity index (χ2v) is 11.1. The summed E-state index contributed by atoms with van der Waals surface area (Å²) in [5, 5.41) is 0.273. The van der Waals surface area contributed by atoms with Crippen LogP contribution in [0.15, 0.2) is 35.0 Å². The van der Waals surface area contributed by atoms with Crippen molar-refractivity contribution in [2.45, 2.75) is 52.2 Å². The SMILES string of the molecule is CCC(=C=N[Si](C)(C)C(C)(C)C)c1ccccc1. The lowest BCUT2D eigenvalue weighted by molar-refractivity contribution is 0.719. The molecule has 18 heavy (non-hydrogen) atoms. The summed E-state index contributed by atoms with van der Waals surface area (Å²) in [7, 11) is -1.62. The smallest absolute Gasteiger partial charge is 0.193 e. The molecule has 1 rings (SSSR count). The van der Waals surface area contributed by atoms with Crippen LogP contribution >= 0.6 is 0 Å². The lowest BCUT2D eigenvalue weighted by atomic mass is 10.1. The van der Waals surface area contributed by atoms with Crippen LogP contribution < -0.4 is 0 Å². The summed E-state index contributed by atoms with van der Waals surface area (Å²) in [6.07, 6.45) is 0.974. The Bertz CT molecular complexity index is 446. The molecular weight excluding hydrogens is 234 g/mol. The summed E-state index contributed by atoms with van der Waals surface area (Å²) in [4.78, 5) is 0. The number of rotatable bonds is 3. The standard InChI is InChI=1S/C16H25NSi/c1-7-14(15-11-9-8-10-12-15)13-17-18(5,6)16(2,3)4/h8-12H,7H2,1-6H3. The maximum Gasteiger partial charge on any atom is 0.193 e. The molecule has 0 aliphatic heterocycles. The monoisotopic (exact) mass is 259 g/mol. The summed E-state index contributed by atoms with van der Waals surface area (Å²) < 4.78 is 4.83. The van der Waals surface area contributed by atoms with Gasteiger partial charge in [-0.2, -0.15) is 0 Å². The Morgan fingerprint density at radius 2 is 1.72 bits per heavy atom. The first-order valence-corrected chi connectivity index (χ1v) is 9.62. The molecule has 0 amide bonds. The fourth-order valence-corrected chi connectivity index (χ4v) is 2.11. The quantitative estimate of drug-likeness (QED) is 0.525. The highest BCUT2D eigenvalue weighted by atomic mass is 28.3. The Kier molecular flexibility index (Phi) is 4.72. The number of benzene rings is 1. The normalized spacial score (nSPS) is 11.9. The van der Waals surface area contributed by atoms with Crippen LogP contribution in [-0.4, -0.2) is 14.1 Å². The van der Waals surface area contributed by atoms with Gasteiger partial charge in [0.15, 0.2) is 8.24 Å². The van der Waals surface area contributed by atoms with Crippen LogP contribution in [0.2, 0.25) is 18.1 Å². The second-order valence-electron chi connectivity index (χ2n) is 6.23. The molecule has 0 heterocycles. The maximum absolute atomic E-state index is 4.83. The van der Waals surface area contributed by atoms with Crippen molar-refractivity contribution in [1.29, 1.82) is 0 Å². The van der Waals surface area contributed by atoms with E-state index < -0.39 is 8.24 Å². The molecule has 0 N–H and O–H groups in total. The molecule has 0 bridgehead atoms. The average molecular weight is 259 g/mol. The minimum Gasteiger partial charge on any atom is -0.283 e. The van der Waals surface area contributed by atoms with Crippen molar-refractivity contribution in [1.82, 2.24) is 0 Å². The van der Waals surface area contributed by atoms with Gasteiger partial charge in [0.25, 0.3) is 0 Å². The van der Waals surface area contributed by atoms with Crippen LogP contribution in [0.1, 0.15) is 39.7 Å². The van der Waals surface area contributed by atoms with Crippen molar-refractivity contribution in [3.05, 3.63) is 35.9 Å². The van der Waals surface area contributed by atoms with Crippen molar-refractivity contribution in [3.8, 4) is 0 Å². The van der Waals surface area contributed by atoms with Crippen LogP contribution in [0.4, 0.5) is 0 Å². The lowest BCUT2D eigenvalue weighted by Crippen LogP contribution is -2.34. The van der Waals surface area contributed by atoms with E-state index in [4.69, 9.17) is 4.66 Å². The first-order chi connectivity index (χ1) is 8.28. The number of allylic oxidation sites excluding steroid dienone is 1. The lowest BCUT2D eigenvalue weighted by Gasteiger charge is -2.31. The molecule has 2 heteroatoms. The zero-order chi connectivity index (χ0) is 13.8. The van der Waals surface area contributed by atoms with E-state index in [-0.39, 0.29) is 5.04 Å². The molecule has 0 saturated carbocycles. The second kappa shape index (κ2) is 5.68. The number of hydrogen-bond donors (Lipinski definition) is 0. The highest BCUT2D eigenvalue weighted by molar-refractivity contribution is 6.79. The molecule has 0 spiro atoms. The average Bonchev–Trinajstić information content (AvgIpc) is 2.29. The molecule has 0 fully saturated rings. The van der Waals surface area contributed by atoms with E-state index in [2.05, 4.69) is 70.9 Å². The van der Waals surface area contributed by atoms with E-state index in [0.717, 1.165) is 6.42 Å². The van der Waals surface area contributed by atoms with Gasteiger partial charge in [0.05, 0.1) is 0 Å². The van der Waals surface area contributed by atoms with Crippen LogP contribution in [0.3, 0.4) is 0 Å². The zero-order valence-corrected chi connectivity index (χ0v) is 13.5. The van der Waals surface area contributed by atoms with Crippen LogP contribution in [-0.2, 0) is 0 Å². The van der Waals surface area contributed by atoms with Crippen LogP contribution in [0.5, 0.6) is 0 Å². The Hall–Kier alpha value is -1.11. The molecule has 1 nitrogen and oxygen atoms in total. The summed E-state index contributed by atoms with van der Waals surface area (Å²) in [6, 6.07) is 10.4. The van der Waals surface area contributed by atoms with E-state index in [0.29, 0.717) is 0 Å². The molecule has 1 aromatic rings. The first-order valence-electron chi connectivity index (χ1n) is 6.67. The van der Waals surface area contributed by atoms with E-state index >= 15 is 0 Å². The van der Waals surface area contributed by atoms with Gasteiger partial charge in [0, 0.05) is 5.57 Å². The van der Waals surface area contributed by atoms with Gasteiger partial charge in [-0.15, -0.1) is 0 Å². The molecule has 0 aliphatic carbocycles. The third-order valence-corrected chi connectivity index (χ3v) is 8.12. The van der Waals surface area contributed by atoms with Crippen molar-refractivity contribution in [3.63, 3.8) is 0 Å². The van der Waals surface area contributed by atoms with E-state index in [1.54, 1.807) is 0 Å². The minimum absolute atomic E-state index is 0.273. The zero-order valence-electron chi connectivity index (χ0n) is 12.5. The Morgan fingerprint density at radius 3 is 2.17 bits per heavy atom. The fourth-order valence-electron chi connectivity index (χ4n) is 1.36. The van der Waals surface area contributed by atoms with Crippen molar-refractivity contribution in [2.24, 2.45) is 4.66 Å². The summed E-state index contributed by atoms with van der Waals surface area (Å²) in [5.41, 5.74) is 2.45. The predicted octanol–water partition coefficient (Wildman–Crippen LogP) is 5.15. The number of nitrogens with zero attached hydrogens (tertiary/aromatic N) is 1. The van der Waals surface area contributed by atoms with Crippen LogP contribution in [0.25, 0.3) is 5.57 Å². The molecule has 0 aliphatic rings. The van der Waals surface area contributed by atoms with Gasteiger partial charge in [-0.1, -0.05) is 58.0 Å². The van der Waals surface area contributed by atoms with Gasteiger partial charge in [-0.05, 0) is 36.0 Å². The Morgan fingerprint density at radius 1 is 1.17 bits per heavy atom. The van der Waals surface area contributed by atoms with Gasteiger partial charge in [0.1, 0.15) is 0 Å². The molecule has 1 aromatic carbocycles. The first kappa shape index (κ1) is 14.9. The molecule has 0 saturated heterocycles. The highest BCUT2D eigenvalue weighted by Gasteiger charge is 2.35. The Balaban J connectivity index is 3.14. The summed E-state index contributed by atoms with van der Waals surface area (Å²) in [5.74, 6) is 3.34. The van der Waals surface area contributed by atoms with Crippen molar-refractivity contribution >= 4 is 19.7 Å². The van der Waals surface area contributed by atoms with Gasteiger partial charge < -0.3 is 0 Å². The van der Waals surface area contributed by atoms with Crippen molar-refractivity contribution < 1.29 is 0 Å². The van der Waals surface area contributed by atoms with E-state index in [9.17, 15) is 0 Å². The Labute approximate surface area is 113 Å². The minimum atomic E-state index is -1.62. The van der Waals surface area contributed by atoms with Gasteiger partial charge in [-0.25, -0.2) is 0 Å². The molecular formula is C16H25NSi. The van der Waals surface area contributed by atoms with Gasteiger partial charge in [0.2, 0.25) is 0 Å². The van der Waals surface area contributed by atoms with Crippen molar-refractivity contribution in [2.75, 3.05) is 0 Å². The largest absolute Gasteiger partial charge is 0.283 e. The third kappa shape index (κ3) is 3.69. The highest BCUT2D eigenvalue weighted by Crippen LogP contribution is 2.36. The topological polar surface area (TPSA) is 12.4 Å². The molecule has 0 radical (unpaired) electrons. The fraction of sp³-hybridized carbons (Fsp3) is 0.500. The number of hydrogen-bond acceptors (Lipinski definition) is 1. The molecule has 0 atom stereocenters. The maximum atomic E-state index is 4.83.